The SMILES string of the molecule is CCCn1c(=O)oc2cc(NS(=O)(=O)c3cc(Br)cc4c3N(C(C)=O)CC4)ccc21. The molecule has 1 amide bonds. The average molecular weight is 494 g/mol. The minimum Gasteiger partial charge on any atom is -0.408 e. The van der Waals surface area contributed by atoms with Crippen LogP contribution in [0, 0.1) is 0 Å². The predicted octanol–water partition coefficient (Wildman–Crippen LogP) is 3.48. The fraction of sp³-hybridized carbons (Fsp3) is 0.300. The molecule has 0 spiro atoms. The maximum Gasteiger partial charge on any atom is 0.419 e. The number of sulfonamides is 1. The topological polar surface area (TPSA) is 102 Å². The number of anilines is 2. The molecule has 10 heteroatoms. The summed E-state index contributed by atoms with van der Waals surface area (Å²) in [7, 11) is -4.01. The summed E-state index contributed by atoms with van der Waals surface area (Å²) in [6.45, 7) is 4.32. The van der Waals surface area contributed by atoms with E-state index in [-0.39, 0.29) is 16.5 Å². The number of halogens is 1. The highest BCUT2D eigenvalue weighted by Gasteiger charge is 2.31. The molecule has 2 heterocycles. The molecule has 1 N–H and O–H groups in total. The van der Waals surface area contributed by atoms with E-state index in [0.717, 1.165) is 12.0 Å². The van der Waals surface area contributed by atoms with Gasteiger partial charge in [0.1, 0.15) is 4.90 Å². The first kappa shape index (κ1) is 20.7. The van der Waals surface area contributed by atoms with E-state index < -0.39 is 15.8 Å². The van der Waals surface area contributed by atoms with Crippen LogP contribution in [0.25, 0.3) is 11.1 Å². The van der Waals surface area contributed by atoms with Gasteiger partial charge in [-0.3, -0.25) is 14.1 Å². The van der Waals surface area contributed by atoms with Crippen molar-refractivity contribution in [1.82, 2.24) is 4.57 Å². The zero-order chi connectivity index (χ0) is 21.6. The van der Waals surface area contributed by atoms with Crippen molar-refractivity contribution in [3.8, 4) is 0 Å². The highest BCUT2D eigenvalue weighted by molar-refractivity contribution is 9.10. The van der Waals surface area contributed by atoms with Crippen LogP contribution in [-0.4, -0.2) is 25.4 Å². The predicted molar refractivity (Wildman–Crippen MR) is 117 cm³/mol. The van der Waals surface area contributed by atoms with Gasteiger partial charge in [-0.15, -0.1) is 0 Å². The van der Waals surface area contributed by atoms with Crippen LogP contribution < -0.4 is 15.4 Å². The second-order valence-electron chi connectivity index (χ2n) is 7.14. The molecule has 0 saturated carbocycles. The molecule has 1 aromatic heterocycles. The van der Waals surface area contributed by atoms with Crippen LogP contribution in [0.3, 0.4) is 0 Å². The van der Waals surface area contributed by atoms with E-state index >= 15 is 0 Å². The van der Waals surface area contributed by atoms with Gasteiger partial charge < -0.3 is 9.32 Å². The average Bonchev–Trinajstić information content (AvgIpc) is 3.22. The molecule has 1 aliphatic heterocycles. The van der Waals surface area contributed by atoms with Gasteiger partial charge in [-0.1, -0.05) is 22.9 Å². The number of benzene rings is 2. The molecule has 1 aliphatic rings. The highest BCUT2D eigenvalue weighted by atomic mass is 79.9. The van der Waals surface area contributed by atoms with Crippen LogP contribution >= 0.6 is 15.9 Å². The zero-order valence-corrected chi connectivity index (χ0v) is 18.8. The van der Waals surface area contributed by atoms with Gasteiger partial charge in [-0.05, 0) is 42.7 Å². The number of hydrogen-bond acceptors (Lipinski definition) is 5. The van der Waals surface area contributed by atoms with Crippen molar-refractivity contribution in [2.75, 3.05) is 16.2 Å². The van der Waals surface area contributed by atoms with Crippen molar-refractivity contribution >= 4 is 54.3 Å². The molecule has 0 fully saturated rings. The molecule has 0 aliphatic carbocycles. The third-order valence-corrected chi connectivity index (χ3v) is 6.88. The number of fused-ring (bicyclic) bond motifs is 2. The number of aromatic nitrogens is 1. The third-order valence-electron chi connectivity index (χ3n) is 5.03. The first-order chi connectivity index (χ1) is 14.2. The van der Waals surface area contributed by atoms with E-state index in [0.29, 0.717) is 40.8 Å². The molecule has 8 nitrogen and oxygen atoms in total. The highest BCUT2D eigenvalue weighted by Crippen LogP contribution is 2.38. The first-order valence-corrected chi connectivity index (χ1v) is 11.8. The second kappa shape index (κ2) is 7.59. The Hall–Kier alpha value is -2.59. The number of amides is 1. The van der Waals surface area contributed by atoms with E-state index in [2.05, 4.69) is 20.7 Å². The lowest BCUT2D eigenvalue weighted by Crippen LogP contribution is -2.28. The molecule has 0 bridgehead atoms. The Bertz CT molecular complexity index is 1330. The van der Waals surface area contributed by atoms with Crippen molar-refractivity contribution in [2.24, 2.45) is 0 Å². The van der Waals surface area contributed by atoms with Crippen molar-refractivity contribution in [3.05, 3.63) is 50.9 Å². The van der Waals surface area contributed by atoms with Crippen molar-refractivity contribution in [3.63, 3.8) is 0 Å². The number of hydrogen-bond donors (Lipinski definition) is 1. The van der Waals surface area contributed by atoms with Crippen LogP contribution in [0.15, 0.2) is 48.9 Å². The van der Waals surface area contributed by atoms with Crippen molar-refractivity contribution in [1.29, 1.82) is 0 Å². The zero-order valence-electron chi connectivity index (χ0n) is 16.4. The van der Waals surface area contributed by atoms with Crippen LogP contribution in [0.2, 0.25) is 0 Å². The summed E-state index contributed by atoms with van der Waals surface area (Å²) in [5, 5.41) is 0. The lowest BCUT2D eigenvalue weighted by Gasteiger charge is -2.19. The Morgan fingerprint density at radius 2 is 2.03 bits per heavy atom. The lowest BCUT2D eigenvalue weighted by molar-refractivity contribution is -0.116. The molecule has 3 aromatic rings. The summed E-state index contributed by atoms with van der Waals surface area (Å²) in [5.41, 5.74) is 2.37. The second-order valence-corrected chi connectivity index (χ2v) is 9.71. The van der Waals surface area contributed by atoms with E-state index in [1.54, 1.807) is 12.1 Å². The number of nitrogens with zero attached hydrogens (tertiary/aromatic N) is 2. The molecule has 4 rings (SSSR count). The minimum absolute atomic E-state index is 0.0182. The van der Waals surface area contributed by atoms with Crippen LogP contribution in [0.1, 0.15) is 25.8 Å². The molecular weight excluding hydrogens is 474 g/mol. The molecule has 0 unspecified atom stereocenters. The summed E-state index contributed by atoms with van der Waals surface area (Å²) in [6, 6.07) is 8.04. The number of carbonyl (C=O) groups is 1. The Morgan fingerprint density at radius 3 is 2.73 bits per heavy atom. The van der Waals surface area contributed by atoms with E-state index in [4.69, 9.17) is 4.42 Å². The summed E-state index contributed by atoms with van der Waals surface area (Å²) >= 11 is 3.36. The molecule has 0 saturated heterocycles. The Balaban J connectivity index is 1.76. The van der Waals surface area contributed by atoms with Crippen LogP contribution in [0.4, 0.5) is 11.4 Å². The van der Waals surface area contributed by atoms with E-state index in [9.17, 15) is 18.0 Å². The largest absolute Gasteiger partial charge is 0.419 e. The Kier molecular flexibility index (Phi) is 5.23. The Morgan fingerprint density at radius 1 is 1.27 bits per heavy atom. The van der Waals surface area contributed by atoms with Gasteiger partial charge >= 0.3 is 5.76 Å². The fourth-order valence-corrected chi connectivity index (χ4v) is 5.75. The van der Waals surface area contributed by atoms with Crippen molar-refractivity contribution < 1.29 is 17.6 Å². The maximum absolute atomic E-state index is 13.2. The first-order valence-electron chi connectivity index (χ1n) is 9.48. The summed E-state index contributed by atoms with van der Waals surface area (Å²) < 4.78 is 36.4. The lowest BCUT2D eigenvalue weighted by atomic mass is 10.2. The van der Waals surface area contributed by atoms with Gasteiger partial charge in [0.05, 0.1) is 16.9 Å². The summed E-state index contributed by atoms with van der Waals surface area (Å²) in [5.74, 6) is -0.693. The molecule has 2 aromatic carbocycles. The molecule has 0 radical (unpaired) electrons. The Labute approximate surface area is 181 Å². The standard InChI is InChI=1S/C20H20BrN3O5S/c1-3-7-24-16-5-4-15(11-17(16)29-20(24)26)22-30(27,28)18-10-14(21)9-13-6-8-23(12(2)25)19(13)18/h4-5,9-11,22H,3,6-8H2,1-2H3. The van der Waals surface area contributed by atoms with Gasteiger partial charge in [-0.2, -0.15) is 0 Å². The van der Waals surface area contributed by atoms with Crippen LogP contribution in [-0.2, 0) is 27.8 Å². The summed E-state index contributed by atoms with van der Waals surface area (Å²) in [6.07, 6.45) is 1.35. The molecule has 0 atom stereocenters. The van der Waals surface area contributed by atoms with Gasteiger partial charge in [0, 0.05) is 30.6 Å². The quantitative estimate of drug-likeness (QED) is 0.586. The minimum atomic E-state index is -4.01. The third kappa shape index (κ3) is 3.54. The van der Waals surface area contributed by atoms with Gasteiger partial charge in [0.25, 0.3) is 10.0 Å². The number of rotatable bonds is 5. The monoisotopic (exact) mass is 493 g/mol. The van der Waals surface area contributed by atoms with Crippen LogP contribution in [0.5, 0.6) is 0 Å². The molecular formula is C20H20BrN3O5S. The number of nitrogens with one attached hydrogen (secondary N) is 1. The normalized spacial score (nSPS) is 13.6. The fourth-order valence-electron chi connectivity index (χ4n) is 3.76. The van der Waals surface area contributed by atoms with Gasteiger partial charge in [-0.25, -0.2) is 13.2 Å². The van der Waals surface area contributed by atoms with Gasteiger partial charge in [0.2, 0.25) is 5.91 Å². The maximum atomic E-state index is 13.2. The summed E-state index contributed by atoms with van der Waals surface area (Å²) in [4.78, 5) is 25.5. The smallest absolute Gasteiger partial charge is 0.408 e. The van der Waals surface area contributed by atoms with Crippen molar-refractivity contribution in [2.45, 2.75) is 38.1 Å². The molecule has 30 heavy (non-hydrogen) atoms. The number of carbonyl (C=O) groups excluding carboxylic acids is 1. The number of aryl methyl sites for hydroxylation is 1. The molecule has 158 valence electrons. The van der Waals surface area contributed by atoms with E-state index in [1.807, 2.05) is 13.0 Å². The van der Waals surface area contributed by atoms with E-state index in [1.165, 1.54) is 28.5 Å². The number of oxazole rings is 1. The van der Waals surface area contributed by atoms with Gasteiger partial charge in [0.15, 0.2) is 5.58 Å².